The first-order valence-corrected chi connectivity index (χ1v) is 5.77. The molecule has 1 saturated carbocycles. The molecule has 1 N–H and O–H groups in total. The molecule has 1 aromatic carbocycles. The first kappa shape index (κ1) is 14.4. The van der Waals surface area contributed by atoms with Gasteiger partial charge in [-0.15, -0.1) is 0 Å². The zero-order valence-corrected chi connectivity index (χ0v) is 10.5. The second-order valence-corrected chi connectivity index (χ2v) is 4.51. The highest BCUT2D eigenvalue weighted by atomic mass is 19.4. The topological polar surface area (TPSA) is 46.5 Å². The van der Waals surface area contributed by atoms with Crippen molar-refractivity contribution in [3.05, 3.63) is 35.4 Å². The van der Waals surface area contributed by atoms with Crippen LogP contribution in [0.3, 0.4) is 0 Å². The lowest BCUT2D eigenvalue weighted by Gasteiger charge is -2.06. The van der Waals surface area contributed by atoms with Gasteiger partial charge in [-0.05, 0) is 24.3 Å². The number of hydrogen-bond donors (Lipinski definition) is 1. The quantitative estimate of drug-likeness (QED) is 0.849. The Balaban J connectivity index is 2.16. The zero-order chi connectivity index (χ0) is 15.0. The van der Waals surface area contributed by atoms with Gasteiger partial charge in [0.2, 0.25) is 0 Å². The first-order valence-electron chi connectivity index (χ1n) is 5.77. The van der Waals surface area contributed by atoms with E-state index in [0.717, 1.165) is 12.1 Å². The molecule has 0 unspecified atom stereocenters. The van der Waals surface area contributed by atoms with Gasteiger partial charge in [0, 0.05) is 19.1 Å². The molecule has 0 aliphatic heterocycles. The lowest BCUT2D eigenvalue weighted by atomic mass is 10.1. The number of aliphatic carboxylic acids is 1. The Kier molecular flexibility index (Phi) is 3.48. The van der Waals surface area contributed by atoms with E-state index in [-0.39, 0.29) is 6.42 Å². The lowest BCUT2D eigenvalue weighted by molar-refractivity contribution is -0.140. The normalized spacial score (nSPS) is 24.7. The highest BCUT2D eigenvalue weighted by molar-refractivity contribution is 5.77. The van der Waals surface area contributed by atoms with Crippen LogP contribution in [0.25, 0.3) is 0 Å². The van der Waals surface area contributed by atoms with Gasteiger partial charge in [0.15, 0.2) is 0 Å². The van der Waals surface area contributed by atoms with Gasteiger partial charge in [0.25, 0.3) is 0 Å². The molecule has 2 rings (SSSR count). The molecule has 1 aliphatic carbocycles. The van der Waals surface area contributed by atoms with Crippen molar-refractivity contribution in [3.63, 3.8) is 0 Å². The molecule has 2 atom stereocenters. The maximum absolute atomic E-state index is 12.4. The lowest BCUT2D eigenvalue weighted by Crippen LogP contribution is -2.17. The minimum Gasteiger partial charge on any atom is -0.481 e. The van der Waals surface area contributed by atoms with Crippen LogP contribution >= 0.6 is 0 Å². The molecule has 0 bridgehead atoms. The van der Waals surface area contributed by atoms with E-state index in [1.54, 1.807) is 0 Å². The molecule has 106 valence electrons. The van der Waals surface area contributed by atoms with Gasteiger partial charge in [0.1, 0.15) is 11.5 Å². The SMILES string of the molecule is CO[C@@]1(C#Cc2ccc(C(F)(F)F)cc2)C[C@@H]1C(=O)O. The van der Waals surface area contributed by atoms with Crippen molar-refractivity contribution < 1.29 is 27.8 Å². The van der Waals surface area contributed by atoms with E-state index < -0.39 is 29.2 Å². The fraction of sp³-hybridized carbons (Fsp3) is 0.357. The Morgan fingerprint density at radius 3 is 2.40 bits per heavy atom. The van der Waals surface area contributed by atoms with Crippen LogP contribution in [0.4, 0.5) is 13.2 Å². The number of halogens is 3. The standard InChI is InChI=1S/C14H11F3O3/c1-20-13(8-11(13)12(18)19)7-6-9-2-4-10(5-3-9)14(15,16)17/h2-5,11H,8H2,1H3,(H,18,19)/t11-,13+/m1/s1. The van der Waals surface area contributed by atoms with Crippen LogP contribution in [0, 0.1) is 17.8 Å². The fourth-order valence-electron chi connectivity index (χ4n) is 1.87. The van der Waals surface area contributed by atoms with Crippen molar-refractivity contribution in [2.75, 3.05) is 7.11 Å². The minimum atomic E-state index is -4.38. The van der Waals surface area contributed by atoms with Crippen LogP contribution < -0.4 is 0 Å². The van der Waals surface area contributed by atoms with Crippen LogP contribution in [-0.2, 0) is 15.7 Å². The molecule has 0 spiro atoms. The molecule has 0 heterocycles. The first-order chi connectivity index (χ1) is 9.28. The summed E-state index contributed by atoms with van der Waals surface area (Å²) in [6.45, 7) is 0. The number of alkyl halides is 3. The molecule has 3 nitrogen and oxygen atoms in total. The molecule has 20 heavy (non-hydrogen) atoms. The van der Waals surface area contributed by atoms with E-state index in [2.05, 4.69) is 11.8 Å². The summed E-state index contributed by atoms with van der Waals surface area (Å²) in [5.41, 5.74) is -1.39. The van der Waals surface area contributed by atoms with E-state index in [4.69, 9.17) is 9.84 Å². The van der Waals surface area contributed by atoms with Gasteiger partial charge in [0.05, 0.1) is 5.56 Å². The van der Waals surface area contributed by atoms with Crippen molar-refractivity contribution in [2.24, 2.45) is 5.92 Å². The predicted molar refractivity (Wildman–Crippen MR) is 63.8 cm³/mol. The molecule has 0 saturated heterocycles. The molecular weight excluding hydrogens is 273 g/mol. The summed E-state index contributed by atoms with van der Waals surface area (Å²) in [7, 11) is 1.37. The minimum absolute atomic E-state index is 0.284. The average Bonchev–Trinajstić information content (AvgIpc) is 3.12. The molecule has 1 fully saturated rings. The molecule has 6 heteroatoms. The molecule has 0 amide bonds. The van der Waals surface area contributed by atoms with Crippen LogP contribution in [0.5, 0.6) is 0 Å². The number of rotatable bonds is 2. The van der Waals surface area contributed by atoms with Crippen LogP contribution in [0.1, 0.15) is 17.5 Å². The highest BCUT2D eigenvalue weighted by Crippen LogP contribution is 2.46. The summed E-state index contributed by atoms with van der Waals surface area (Å²) in [5.74, 6) is 3.67. The van der Waals surface area contributed by atoms with E-state index in [1.807, 2.05) is 0 Å². The summed E-state index contributed by atoms with van der Waals surface area (Å²) < 4.78 is 42.2. The van der Waals surface area contributed by atoms with Crippen molar-refractivity contribution in [2.45, 2.75) is 18.2 Å². The van der Waals surface area contributed by atoms with E-state index in [1.165, 1.54) is 19.2 Å². The van der Waals surface area contributed by atoms with Crippen molar-refractivity contribution in [3.8, 4) is 11.8 Å². The highest BCUT2D eigenvalue weighted by Gasteiger charge is 2.59. The third-order valence-electron chi connectivity index (χ3n) is 3.20. The van der Waals surface area contributed by atoms with Crippen LogP contribution in [0.2, 0.25) is 0 Å². The third-order valence-corrected chi connectivity index (χ3v) is 3.20. The van der Waals surface area contributed by atoms with Gasteiger partial charge in [-0.1, -0.05) is 11.8 Å². The van der Waals surface area contributed by atoms with Crippen LogP contribution in [-0.4, -0.2) is 23.8 Å². The summed E-state index contributed by atoms with van der Waals surface area (Å²) in [6, 6.07) is 4.37. The summed E-state index contributed by atoms with van der Waals surface area (Å²) in [5, 5.41) is 8.87. The van der Waals surface area contributed by atoms with Crippen molar-refractivity contribution in [1.82, 2.24) is 0 Å². The van der Waals surface area contributed by atoms with Crippen molar-refractivity contribution >= 4 is 5.97 Å². The number of methoxy groups -OCH3 is 1. The number of carboxylic acids is 1. The molecular formula is C14H11F3O3. The second-order valence-electron chi connectivity index (χ2n) is 4.51. The van der Waals surface area contributed by atoms with E-state index in [9.17, 15) is 18.0 Å². The van der Waals surface area contributed by atoms with Crippen molar-refractivity contribution in [1.29, 1.82) is 0 Å². The Hall–Kier alpha value is -2.00. The van der Waals surface area contributed by atoms with Gasteiger partial charge < -0.3 is 9.84 Å². The van der Waals surface area contributed by atoms with E-state index in [0.29, 0.717) is 5.56 Å². The smallest absolute Gasteiger partial charge is 0.416 e. The summed E-state index contributed by atoms with van der Waals surface area (Å²) >= 11 is 0. The molecule has 0 aromatic heterocycles. The van der Waals surface area contributed by atoms with Crippen LogP contribution in [0.15, 0.2) is 24.3 Å². The molecule has 1 aliphatic rings. The van der Waals surface area contributed by atoms with Gasteiger partial charge in [-0.2, -0.15) is 13.2 Å². The second kappa shape index (κ2) is 4.84. The number of carboxylic acid groups (broad SMARTS) is 1. The number of hydrogen-bond acceptors (Lipinski definition) is 2. The number of ether oxygens (including phenoxy) is 1. The zero-order valence-electron chi connectivity index (χ0n) is 10.5. The maximum atomic E-state index is 12.4. The summed E-state index contributed by atoms with van der Waals surface area (Å²) in [6.07, 6.45) is -4.10. The van der Waals surface area contributed by atoms with Gasteiger partial charge in [-0.3, -0.25) is 4.79 Å². The monoisotopic (exact) mass is 284 g/mol. The molecule has 0 radical (unpaired) electrons. The Morgan fingerprint density at radius 1 is 1.40 bits per heavy atom. The third kappa shape index (κ3) is 2.78. The van der Waals surface area contributed by atoms with Gasteiger partial charge in [-0.25, -0.2) is 0 Å². The average molecular weight is 284 g/mol. The number of carbonyl (C=O) groups is 1. The largest absolute Gasteiger partial charge is 0.481 e. The van der Waals surface area contributed by atoms with Gasteiger partial charge >= 0.3 is 12.1 Å². The number of benzene rings is 1. The maximum Gasteiger partial charge on any atom is 0.416 e. The Morgan fingerprint density at radius 2 is 2.00 bits per heavy atom. The predicted octanol–water partition coefficient (Wildman–Crippen LogP) is 2.55. The summed E-state index contributed by atoms with van der Waals surface area (Å²) in [4.78, 5) is 10.8. The Labute approximate surface area is 113 Å². The Bertz CT molecular complexity index is 580. The van der Waals surface area contributed by atoms with E-state index >= 15 is 0 Å². The fourth-order valence-corrected chi connectivity index (χ4v) is 1.87. The molecule has 1 aromatic rings.